The molecule has 0 spiro atoms. The number of aromatic nitrogens is 4. The van der Waals surface area contributed by atoms with Crippen LogP contribution in [0.25, 0.3) is 0 Å². The minimum atomic E-state index is -4.58. The first kappa shape index (κ1) is 25.2. The normalized spacial score (nSPS) is 19.4. The van der Waals surface area contributed by atoms with E-state index in [0.717, 1.165) is 51.6 Å². The first-order valence-corrected chi connectivity index (χ1v) is 12.3. The summed E-state index contributed by atoms with van der Waals surface area (Å²) in [5.74, 6) is 0.417. The van der Waals surface area contributed by atoms with E-state index in [1.165, 1.54) is 0 Å². The van der Waals surface area contributed by atoms with Gasteiger partial charge in [-0.05, 0) is 44.7 Å². The Kier molecular flexibility index (Phi) is 8.09. The lowest BCUT2D eigenvalue weighted by Crippen LogP contribution is -2.36. The van der Waals surface area contributed by atoms with Crippen molar-refractivity contribution in [2.45, 2.75) is 51.7 Å². The highest BCUT2D eigenvalue weighted by Crippen LogP contribution is 2.34. The van der Waals surface area contributed by atoms with E-state index in [2.05, 4.69) is 37.5 Å². The van der Waals surface area contributed by atoms with Crippen molar-refractivity contribution >= 4 is 23.4 Å². The van der Waals surface area contributed by atoms with Crippen LogP contribution in [0.5, 0.6) is 0 Å². The third-order valence-electron chi connectivity index (χ3n) is 6.56. The van der Waals surface area contributed by atoms with Crippen LogP contribution in [0, 0.1) is 5.92 Å². The molecule has 35 heavy (non-hydrogen) atoms. The second-order valence-electron chi connectivity index (χ2n) is 9.20. The van der Waals surface area contributed by atoms with Gasteiger partial charge >= 0.3 is 6.18 Å². The minimum absolute atomic E-state index is 0.0595. The van der Waals surface area contributed by atoms with Crippen molar-refractivity contribution in [3.63, 3.8) is 0 Å². The number of carbonyl (C=O) groups is 1. The first-order valence-electron chi connectivity index (χ1n) is 12.3. The molecule has 0 saturated carbocycles. The van der Waals surface area contributed by atoms with Crippen molar-refractivity contribution in [3.8, 4) is 0 Å². The topological polar surface area (TPSA) is 91.2 Å². The molecule has 0 bridgehead atoms. The summed E-state index contributed by atoms with van der Waals surface area (Å²) >= 11 is 0. The van der Waals surface area contributed by atoms with E-state index in [1.807, 2.05) is 10.9 Å². The van der Waals surface area contributed by atoms with Crippen LogP contribution in [0.2, 0.25) is 0 Å². The minimum Gasteiger partial charge on any atom is -0.369 e. The molecule has 2 aromatic heterocycles. The fourth-order valence-electron chi connectivity index (χ4n) is 4.63. The number of rotatable bonds is 10. The van der Waals surface area contributed by atoms with Gasteiger partial charge in [0.15, 0.2) is 0 Å². The van der Waals surface area contributed by atoms with Crippen molar-refractivity contribution in [1.82, 2.24) is 29.5 Å². The number of piperidine rings is 1. The zero-order valence-electron chi connectivity index (χ0n) is 20.0. The zero-order chi connectivity index (χ0) is 24.8. The molecule has 2 saturated heterocycles. The molecular weight excluding hydrogens is 461 g/mol. The molecule has 2 fully saturated rings. The largest absolute Gasteiger partial charge is 0.421 e. The molecule has 1 atom stereocenters. The number of hydrogen-bond donors (Lipinski definition) is 2. The van der Waals surface area contributed by atoms with Gasteiger partial charge in [0.2, 0.25) is 11.9 Å². The van der Waals surface area contributed by atoms with Crippen LogP contribution in [-0.4, -0.2) is 74.7 Å². The predicted octanol–water partition coefficient (Wildman–Crippen LogP) is 3.59. The fraction of sp³-hybridized carbons (Fsp3) is 0.652. The zero-order valence-corrected chi connectivity index (χ0v) is 20.0. The molecule has 0 aliphatic carbocycles. The van der Waals surface area contributed by atoms with Gasteiger partial charge in [-0.2, -0.15) is 23.3 Å². The van der Waals surface area contributed by atoms with Gasteiger partial charge < -0.3 is 20.4 Å². The van der Waals surface area contributed by atoms with Crippen molar-refractivity contribution < 1.29 is 18.0 Å². The molecule has 192 valence electrons. The van der Waals surface area contributed by atoms with Crippen LogP contribution in [0.4, 0.5) is 30.6 Å². The van der Waals surface area contributed by atoms with E-state index >= 15 is 0 Å². The monoisotopic (exact) mass is 494 g/mol. The molecule has 9 nitrogen and oxygen atoms in total. The van der Waals surface area contributed by atoms with Gasteiger partial charge in [-0.25, -0.2) is 4.98 Å². The quantitative estimate of drug-likeness (QED) is 0.488. The Hall–Kier alpha value is -2.89. The Morgan fingerprint density at radius 3 is 2.80 bits per heavy atom. The summed E-state index contributed by atoms with van der Waals surface area (Å²) in [5.41, 5.74) is -0.306. The summed E-state index contributed by atoms with van der Waals surface area (Å²) in [6, 6.07) is 0. The Morgan fingerprint density at radius 1 is 1.20 bits per heavy atom. The molecular formula is C23H33F3N8O. The van der Waals surface area contributed by atoms with Crippen LogP contribution >= 0.6 is 0 Å². The summed E-state index contributed by atoms with van der Waals surface area (Å²) in [5, 5.41) is 10.1. The molecule has 2 N–H and O–H groups in total. The van der Waals surface area contributed by atoms with Crippen LogP contribution < -0.4 is 10.6 Å². The Labute approximate surface area is 203 Å². The number of alkyl halides is 3. The van der Waals surface area contributed by atoms with Crippen LogP contribution in [0.15, 0.2) is 18.6 Å². The van der Waals surface area contributed by atoms with E-state index in [4.69, 9.17) is 0 Å². The van der Waals surface area contributed by atoms with Gasteiger partial charge in [0.1, 0.15) is 11.4 Å². The summed E-state index contributed by atoms with van der Waals surface area (Å²) in [6.07, 6.45) is 3.70. The van der Waals surface area contributed by atoms with Crippen molar-refractivity contribution in [2.24, 2.45) is 5.92 Å². The molecule has 0 unspecified atom stereocenters. The molecule has 0 radical (unpaired) electrons. The summed E-state index contributed by atoms with van der Waals surface area (Å²) in [6.45, 7) is 7.61. The number of carbonyl (C=O) groups excluding carboxylic acids is 1. The summed E-state index contributed by atoms with van der Waals surface area (Å²) in [7, 11) is 0. The molecule has 0 aromatic carbocycles. The van der Waals surface area contributed by atoms with E-state index in [9.17, 15) is 18.0 Å². The molecule has 4 rings (SSSR count). The second kappa shape index (κ2) is 11.2. The van der Waals surface area contributed by atoms with Gasteiger partial charge in [-0.1, -0.05) is 6.92 Å². The van der Waals surface area contributed by atoms with Gasteiger partial charge in [0.25, 0.3) is 0 Å². The van der Waals surface area contributed by atoms with Crippen LogP contribution in [-0.2, 0) is 17.5 Å². The SMILES string of the molecule is CCN1CC[C@@H](Cn2cc(Nc3ncc(C(F)(F)F)c(NCCCN4CCCCC4=O)n3)cn2)C1. The highest BCUT2D eigenvalue weighted by Gasteiger charge is 2.35. The maximum atomic E-state index is 13.5. The van der Waals surface area contributed by atoms with Gasteiger partial charge in [-0.3, -0.25) is 9.48 Å². The standard InChI is InChI=1S/C23H33F3N8O/c1-2-32-11-7-17(14-32)15-34-16-18(12-29-34)30-22-28-13-19(23(24,25)26)21(31-22)27-8-5-10-33-9-4-3-6-20(33)35/h12-13,16-17H,2-11,14-15H2,1H3,(H2,27,28,30,31)/t17-/m1/s1. The Balaban J connectivity index is 1.35. The molecule has 12 heteroatoms. The first-order chi connectivity index (χ1) is 16.8. The number of hydrogen-bond acceptors (Lipinski definition) is 7. The second-order valence-corrected chi connectivity index (χ2v) is 9.20. The lowest BCUT2D eigenvalue weighted by Gasteiger charge is -2.26. The average molecular weight is 495 g/mol. The highest BCUT2D eigenvalue weighted by atomic mass is 19.4. The number of anilines is 3. The van der Waals surface area contributed by atoms with Crippen molar-refractivity contribution in [2.75, 3.05) is 49.9 Å². The molecule has 2 aromatic rings. The van der Waals surface area contributed by atoms with Crippen LogP contribution in [0.3, 0.4) is 0 Å². The predicted molar refractivity (Wildman–Crippen MR) is 126 cm³/mol. The van der Waals surface area contributed by atoms with Crippen molar-refractivity contribution in [3.05, 3.63) is 24.2 Å². The smallest absolute Gasteiger partial charge is 0.369 e. The fourth-order valence-corrected chi connectivity index (χ4v) is 4.63. The Bertz CT molecular complexity index is 995. The third kappa shape index (κ3) is 6.83. The molecule has 1 amide bonds. The van der Waals surface area contributed by atoms with E-state index in [0.29, 0.717) is 37.5 Å². The van der Waals surface area contributed by atoms with E-state index < -0.39 is 11.7 Å². The highest BCUT2D eigenvalue weighted by molar-refractivity contribution is 5.76. The van der Waals surface area contributed by atoms with Gasteiger partial charge in [-0.15, -0.1) is 0 Å². The molecule has 4 heterocycles. The lowest BCUT2D eigenvalue weighted by molar-refractivity contribution is -0.137. The number of amides is 1. The summed E-state index contributed by atoms with van der Waals surface area (Å²) < 4.78 is 42.3. The average Bonchev–Trinajstić information content (AvgIpc) is 3.46. The maximum absolute atomic E-state index is 13.5. The van der Waals surface area contributed by atoms with E-state index in [1.54, 1.807) is 11.1 Å². The van der Waals surface area contributed by atoms with Crippen LogP contribution in [0.1, 0.15) is 44.6 Å². The molecule has 2 aliphatic rings. The van der Waals surface area contributed by atoms with Crippen molar-refractivity contribution in [1.29, 1.82) is 0 Å². The Morgan fingerprint density at radius 2 is 2.06 bits per heavy atom. The van der Waals surface area contributed by atoms with Gasteiger partial charge in [0.05, 0.1) is 11.9 Å². The number of likely N-dealkylation sites (tertiary alicyclic amines) is 2. The maximum Gasteiger partial charge on any atom is 0.421 e. The number of nitrogens with one attached hydrogen (secondary N) is 2. The number of halogens is 3. The summed E-state index contributed by atoms with van der Waals surface area (Å²) in [4.78, 5) is 24.0. The van der Waals surface area contributed by atoms with E-state index in [-0.39, 0.29) is 24.2 Å². The van der Waals surface area contributed by atoms with Gasteiger partial charge in [0, 0.05) is 51.5 Å². The lowest BCUT2D eigenvalue weighted by atomic mass is 10.1. The number of nitrogens with zero attached hydrogens (tertiary/aromatic N) is 6. The third-order valence-corrected chi connectivity index (χ3v) is 6.56. The molecule has 2 aliphatic heterocycles.